The number of pyridine rings is 1. The fourth-order valence-electron chi connectivity index (χ4n) is 1.80. The summed E-state index contributed by atoms with van der Waals surface area (Å²) in [6.45, 7) is 1.82. The molecule has 0 fully saturated rings. The highest BCUT2D eigenvalue weighted by molar-refractivity contribution is 6.39. The number of hydrogen-bond acceptors (Lipinski definition) is 2. The second-order valence-electron chi connectivity index (χ2n) is 4.16. The summed E-state index contributed by atoms with van der Waals surface area (Å²) in [4.78, 5) is 15.1. The lowest BCUT2D eigenvalue weighted by Crippen LogP contribution is -2.03. The van der Waals surface area contributed by atoms with Crippen LogP contribution in [0.1, 0.15) is 11.1 Å². The number of aliphatic carboxylic acids is 1. The van der Waals surface area contributed by atoms with Crippen LogP contribution in [0.5, 0.6) is 0 Å². The van der Waals surface area contributed by atoms with Crippen molar-refractivity contribution >= 4 is 29.2 Å². The van der Waals surface area contributed by atoms with E-state index in [0.29, 0.717) is 26.9 Å². The van der Waals surface area contributed by atoms with Crippen LogP contribution in [0.15, 0.2) is 30.5 Å². The summed E-state index contributed by atoms with van der Waals surface area (Å²) >= 11 is 12.2. The molecule has 0 radical (unpaired) electrons. The van der Waals surface area contributed by atoms with E-state index >= 15 is 0 Å². The minimum atomic E-state index is -0.884. The topological polar surface area (TPSA) is 50.2 Å². The third-order valence-corrected chi connectivity index (χ3v) is 3.41. The van der Waals surface area contributed by atoms with Crippen molar-refractivity contribution in [3.63, 3.8) is 0 Å². The summed E-state index contributed by atoms with van der Waals surface area (Å²) in [7, 11) is 0. The van der Waals surface area contributed by atoms with Gasteiger partial charge >= 0.3 is 5.97 Å². The van der Waals surface area contributed by atoms with Gasteiger partial charge in [0.05, 0.1) is 22.2 Å². The summed E-state index contributed by atoms with van der Waals surface area (Å²) < 4.78 is 0. The molecule has 0 atom stereocenters. The van der Waals surface area contributed by atoms with Crippen LogP contribution in [-0.2, 0) is 11.2 Å². The predicted octanol–water partition coefficient (Wildman–Crippen LogP) is 3.99. The molecule has 3 nitrogen and oxygen atoms in total. The summed E-state index contributed by atoms with van der Waals surface area (Å²) in [5, 5.41) is 9.87. The molecule has 0 aliphatic rings. The van der Waals surface area contributed by atoms with E-state index in [1.807, 2.05) is 6.92 Å². The minimum absolute atomic E-state index is 0.0522. The first-order chi connectivity index (χ1) is 8.99. The molecule has 2 aromatic rings. The van der Waals surface area contributed by atoms with Gasteiger partial charge in [0.2, 0.25) is 0 Å². The Morgan fingerprint density at radius 3 is 2.53 bits per heavy atom. The van der Waals surface area contributed by atoms with E-state index in [-0.39, 0.29) is 6.42 Å². The zero-order chi connectivity index (χ0) is 14.0. The van der Waals surface area contributed by atoms with Crippen LogP contribution in [0, 0.1) is 6.92 Å². The third kappa shape index (κ3) is 3.06. The fraction of sp³-hybridized carbons (Fsp3) is 0.143. The van der Waals surface area contributed by atoms with Gasteiger partial charge in [-0.05, 0) is 36.2 Å². The van der Waals surface area contributed by atoms with E-state index in [4.69, 9.17) is 28.3 Å². The zero-order valence-electron chi connectivity index (χ0n) is 10.2. The van der Waals surface area contributed by atoms with Gasteiger partial charge in [0.1, 0.15) is 0 Å². The number of carboxylic acids is 1. The lowest BCUT2D eigenvalue weighted by atomic mass is 10.0. The highest BCUT2D eigenvalue weighted by atomic mass is 35.5. The van der Waals surface area contributed by atoms with E-state index in [0.717, 1.165) is 5.56 Å². The van der Waals surface area contributed by atoms with Gasteiger partial charge in [-0.1, -0.05) is 29.3 Å². The average Bonchev–Trinajstić information content (AvgIpc) is 2.32. The van der Waals surface area contributed by atoms with Crippen molar-refractivity contribution in [1.82, 2.24) is 4.98 Å². The standard InChI is InChI=1S/C14H11Cl2NO2/c1-8-7-17-12(5-9(8)6-13(18)19)14-10(15)3-2-4-11(14)16/h2-5,7H,6H2,1H3,(H,18,19). The van der Waals surface area contributed by atoms with Gasteiger partial charge in [-0.2, -0.15) is 0 Å². The van der Waals surface area contributed by atoms with Gasteiger partial charge in [0.15, 0.2) is 0 Å². The van der Waals surface area contributed by atoms with Crippen LogP contribution < -0.4 is 0 Å². The molecule has 1 aromatic heterocycles. The Bertz CT molecular complexity index is 621. The van der Waals surface area contributed by atoms with Crippen LogP contribution in [-0.4, -0.2) is 16.1 Å². The van der Waals surface area contributed by atoms with Gasteiger partial charge in [-0.15, -0.1) is 0 Å². The summed E-state index contributed by atoms with van der Waals surface area (Å²) in [6, 6.07) is 6.92. The Morgan fingerprint density at radius 2 is 1.95 bits per heavy atom. The van der Waals surface area contributed by atoms with E-state index < -0.39 is 5.97 Å². The quantitative estimate of drug-likeness (QED) is 0.931. The predicted molar refractivity (Wildman–Crippen MR) is 75.8 cm³/mol. The number of aryl methyl sites for hydroxylation is 1. The van der Waals surface area contributed by atoms with Crippen LogP contribution in [0.25, 0.3) is 11.3 Å². The molecule has 1 N–H and O–H groups in total. The largest absolute Gasteiger partial charge is 0.481 e. The first-order valence-electron chi connectivity index (χ1n) is 5.60. The Labute approximate surface area is 120 Å². The molecular weight excluding hydrogens is 285 g/mol. The second kappa shape index (κ2) is 5.59. The second-order valence-corrected chi connectivity index (χ2v) is 4.98. The molecule has 98 valence electrons. The number of halogens is 2. The zero-order valence-corrected chi connectivity index (χ0v) is 11.7. The smallest absolute Gasteiger partial charge is 0.307 e. The minimum Gasteiger partial charge on any atom is -0.481 e. The van der Waals surface area contributed by atoms with Crippen molar-refractivity contribution in [2.24, 2.45) is 0 Å². The lowest BCUT2D eigenvalue weighted by molar-refractivity contribution is -0.136. The molecule has 1 aromatic carbocycles. The molecule has 0 spiro atoms. The Balaban J connectivity index is 2.54. The Kier molecular flexibility index (Phi) is 4.08. The van der Waals surface area contributed by atoms with E-state index in [9.17, 15) is 4.79 Å². The number of hydrogen-bond donors (Lipinski definition) is 1. The van der Waals surface area contributed by atoms with Gasteiger partial charge < -0.3 is 5.11 Å². The molecule has 19 heavy (non-hydrogen) atoms. The molecule has 0 amide bonds. The monoisotopic (exact) mass is 295 g/mol. The van der Waals surface area contributed by atoms with Crippen molar-refractivity contribution < 1.29 is 9.90 Å². The lowest BCUT2D eigenvalue weighted by Gasteiger charge is -2.09. The van der Waals surface area contributed by atoms with Crippen LogP contribution in [0.3, 0.4) is 0 Å². The molecule has 0 unspecified atom stereocenters. The fourth-order valence-corrected chi connectivity index (χ4v) is 2.39. The number of aromatic nitrogens is 1. The summed E-state index contributed by atoms with van der Waals surface area (Å²) in [5.74, 6) is -0.884. The van der Waals surface area contributed by atoms with Crippen molar-refractivity contribution in [1.29, 1.82) is 0 Å². The first-order valence-corrected chi connectivity index (χ1v) is 6.36. The maximum atomic E-state index is 10.8. The van der Waals surface area contributed by atoms with Crippen molar-refractivity contribution in [3.05, 3.63) is 51.6 Å². The Morgan fingerprint density at radius 1 is 1.32 bits per heavy atom. The number of carboxylic acid groups (broad SMARTS) is 1. The van der Waals surface area contributed by atoms with Crippen LogP contribution in [0.2, 0.25) is 10.0 Å². The van der Waals surface area contributed by atoms with Gasteiger partial charge in [0.25, 0.3) is 0 Å². The molecule has 0 saturated heterocycles. The number of carbonyl (C=O) groups is 1. The van der Waals surface area contributed by atoms with E-state index in [1.165, 1.54) is 0 Å². The van der Waals surface area contributed by atoms with Crippen LogP contribution in [0.4, 0.5) is 0 Å². The highest BCUT2D eigenvalue weighted by Crippen LogP contribution is 2.33. The van der Waals surface area contributed by atoms with Gasteiger partial charge in [0, 0.05) is 11.8 Å². The summed E-state index contributed by atoms with van der Waals surface area (Å²) in [6.07, 6.45) is 1.58. The third-order valence-electron chi connectivity index (χ3n) is 2.78. The maximum absolute atomic E-state index is 10.8. The normalized spacial score (nSPS) is 10.5. The first kappa shape index (κ1) is 13.8. The Hall–Kier alpha value is -1.58. The summed E-state index contributed by atoms with van der Waals surface area (Å²) in [5.41, 5.74) is 2.73. The van der Waals surface area contributed by atoms with Crippen molar-refractivity contribution in [2.75, 3.05) is 0 Å². The average molecular weight is 296 g/mol. The molecule has 2 rings (SSSR count). The van der Waals surface area contributed by atoms with E-state index in [2.05, 4.69) is 4.98 Å². The number of benzene rings is 1. The van der Waals surface area contributed by atoms with E-state index in [1.54, 1.807) is 30.5 Å². The highest BCUT2D eigenvalue weighted by Gasteiger charge is 2.12. The SMILES string of the molecule is Cc1cnc(-c2c(Cl)cccc2Cl)cc1CC(=O)O. The van der Waals surface area contributed by atoms with Gasteiger partial charge in [-0.25, -0.2) is 0 Å². The molecule has 5 heteroatoms. The molecule has 1 heterocycles. The molecule has 0 aliphatic heterocycles. The van der Waals surface area contributed by atoms with Gasteiger partial charge in [-0.3, -0.25) is 9.78 Å². The van der Waals surface area contributed by atoms with Crippen molar-refractivity contribution in [2.45, 2.75) is 13.3 Å². The molecule has 0 aliphatic carbocycles. The molecule has 0 saturated carbocycles. The number of nitrogens with zero attached hydrogens (tertiary/aromatic N) is 1. The van der Waals surface area contributed by atoms with Crippen LogP contribution >= 0.6 is 23.2 Å². The number of rotatable bonds is 3. The molecule has 0 bridgehead atoms. The van der Waals surface area contributed by atoms with Crippen molar-refractivity contribution in [3.8, 4) is 11.3 Å². The maximum Gasteiger partial charge on any atom is 0.307 e. The molecular formula is C14H11Cl2NO2.